The van der Waals surface area contributed by atoms with E-state index in [9.17, 15) is 4.79 Å². The minimum Gasteiger partial charge on any atom is -0.341 e. The maximum absolute atomic E-state index is 12.5. The first-order valence-electron chi connectivity index (χ1n) is 8.25. The standard InChI is InChI=1S/C17H23ClN4OS/c1-13-15(17(18)20(2)19-13)12-21-6-4-7-22(9-8-21)16(23)11-14-5-3-10-24-14/h3,5,10H,4,6-9,11-12H2,1-2H3. The number of hydrogen-bond acceptors (Lipinski definition) is 4. The van der Waals surface area contributed by atoms with Gasteiger partial charge in [0, 0.05) is 50.2 Å². The molecule has 2 aromatic rings. The van der Waals surface area contributed by atoms with Crippen LogP contribution in [0.15, 0.2) is 17.5 Å². The molecule has 0 atom stereocenters. The molecule has 1 aliphatic heterocycles. The molecule has 1 amide bonds. The number of amides is 1. The fraction of sp³-hybridized carbons (Fsp3) is 0.529. The van der Waals surface area contributed by atoms with E-state index >= 15 is 0 Å². The average Bonchev–Trinajstić information content (AvgIpc) is 3.04. The minimum absolute atomic E-state index is 0.231. The summed E-state index contributed by atoms with van der Waals surface area (Å²) in [6.45, 7) is 6.26. The molecule has 0 aromatic carbocycles. The number of carbonyl (C=O) groups excluding carboxylic acids is 1. The van der Waals surface area contributed by atoms with Gasteiger partial charge in [0.15, 0.2) is 0 Å². The van der Waals surface area contributed by atoms with Crippen molar-refractivity contribution in [2.75, 3.05) is 26.2 Å². The third-order valence-electron chi connectivity index (χ3n) is 4.50. The Bertz CT molecular complexity index is 698. The van der Waals surface area contributed by atoms with Crippen LogP contribution in [0.3, 0.4) is 0 Å². The van der Waals surface area contributed by atoms with Crippen LogP contribution in [-0.2, 0) is 24.8 Å². The Balaban J connectivity index is 1.57. The van der Waals surface area contributed by atoms with Crippen molar-refractivity contribution in [3.63, 3.8) is 0 Å². The Morgan fingerprint density at radius 2 is 2.17 bits per heavy atom. The first-order chi connectivity index (χ1) is 11.5. The maximum Gasteiger partial charge on any atom is 0.227 e. The van der Waals surface area contributed by atoms with Gasteiger partial charge in [-0.2, -0.15) is 5.10 Å². The molecule has 0 spiro atoms. The Morgan fingerprint density at radius 1 is 1.33 bits per heavy atom. The van der Waals surface area contributed by atoms with Crippen LogP contribution in [0.5, 0.6) is 0 Å². The Labute approximate surface area is 151 Å². The molecule has 0 N–H and O–H groups in total. The molecular weight excluding hydrogens is 344 g/mol. The molecule has 1 aliphatic rings. The van der Waals surface area contributed by atoms with Crippen LogP contribution >= 0.6 is 22.9 Å². The Hall–Kier alpha value is -1.37. The van der Waals surface area contributed by atoms with E-state index in [0.29, 0.717) is 11.6 Å². The molecule has 0 saturated carbocycles. The van der Waals surface area contributed by atoms with Crippen molar-refractivity contribution < 1.29 is 4.79 Å². The topological polar surface area (TPSA) is 41.4 Å². The molecule has 5 nitrogen and oxygen atoms in total. The van der Waals surface area contributed by atoms with Crippen molar-refractivity contribution in [3.8, 4) is 0 Å². The summed E-state index contributed by atoms with van der Waals surface area (Å²) in [6, 6.07) is 4.03. The van der Waals surface area contributed by atoms with Gasteiger partial charge >= 0.3 is 0 Å². The second kappa shape index (κ2) is 7.68. The highest BCUT2D eigenvalue weighted by Crippen LogP contribution is 2.21. The zero-order chi connectivity index (χ0) is 17.1. The number of carbonyl (C=O) groups is 1. The maximum atomic E-state index is 12.5. The van der Waals surface area contributed by atoms with E-state index < -0.39 is 0 Å². The predicted molar refractivity (Wildman–Crippen MR) is 97.5 cm³/mol. The van der Waals surface area contributed by atoms with Crippen LogP contribution in [0.1, 0.15) is 22.6 Å². The molecule has 0 radical (unpaired) electrons. The second-order valence-electron chi connectivity index (χ2n) is 6.25. The van der Waals surface area contributed by atoms with E-state index in [1.807, 2.05) is 36.4 Å². The van der Waals surface area contributed by atoms with Crippen molar-refractivity contribution in [1.82, 2.24) is 19.6 Å². The van der Waals surface area contributed by atoms with Gasteiger partial charge in [-0.25, -0.2) is 0 Å². The number of hydrogen-bond donors (Lipinski definition) is 0. The molecule has 7 heteroatoms. The normalized spacial score (nSPS) is 16.4. The lowest BCUT2D eigenvalue weighted by atomic mass is 10.2. The molecule has 130 valence electrons. The largest absolute Gasteiger partial charge is 0.341 e. The van der Waals surface area contributed by atoms with Crippen LogP contribution < -0.4 is 0 Å². The van der Waals surface area contributed by atoms with Crippen LogP contribution in [0, 0.1) is 6.92 Å². The number of aromatic nitrogens is 2. The summed E-state index contributed by atoms with van der Waals surface area (Å²) >= 11 is 7.99. The summed E-state index contributed by atoms with van der Waals surface area (Å²) in [4.78, 5) is 18.0. The van der Waals surface area contributed by atoms with Gasteiger partial charge in [-0.05, 0) is 24.8 Å². The zero-order valence-corrected chi connectivity index (χ0v) is 15.7. The molecule has 0 unspecified atom stereocenters. The van der Waals surface area contributed by atoms with E-state index in [0.717, 1.165) is 55.3 Å². The zero-order valence-electron chi connectivity index (χ0n) is 14.2. The summed E-state index contributed by atoms with van der Waals surface area (Å²) in [7, 11) is 1.87. The lowest BCUT2D eigenvalue weighted by Gasteiger charge is -2.22. The number of halogens is 1. The van der Waals surface area contributed by atoms with Gasteiger partial charge in [-0.3, -0.25) is 14.4 Å². The number of nitrogens with zero attached hydrogens (tertiary/aromatic N) is 4. The minimum atomic E-state index is 0.231. The molecule has 0 aliphatic carbocycles. The van der Waals surface area contributed by atoms with E-state index in [-0.39, 0.29) is 5.91 Å². The Kier molecular flexibility index (Phi) is 5.58. The molecule has 0 bridgehead atoms. The third kappa shape index (κ3) is 3.99. The Morgan fingerprint density at radius 3 is 2.83 bits per heavy atom. The van der Waals surface area contributed by atoms with Crippen LogP contribution in [0.25, 0.3) is 0 Å². The average molecular weight is 367 g/mol. The monoisotopic (exact) mass is 366 g/mol. The molecule has 1 saturated heterocycles. The van der Waals surface area contributed by atoms with Crippen molar-refractivity contribution in [3.05, 3.63) is 38.8 Å². The third-order valence-corrected chi connectivity index (χ3v) is 5.85. The van der Waals surface area contributed by atoms with Crippen LogP contribution in [0.2, 0.25) is 5.15 Å². The van der Waals surface area contributed by atoms with E-state index in [1.54, 1.807) is 16.0 Å². The van der Waals surface area contributed by atoms with Crippen LogP contribution in [-0.4, -0.2) is 51.7 Å². The van der Waals surface area contributed by atoms with Crippen molar-refractivity contribution in [2.24, 2.45) is 7.05 Å². The van der Waals surface area contributed by atoms with Gasteiger partial charge < -0.3 is 4.90 Å². The summed E-state index contributed by atoms with van der Waals surface area (Å²) < 4.78 is 1.72. The van der Waals surface area contributed by atoms with Gasteiger partial charge in [0.05, 0.1) is 12.1 Å². The first kappa shape index (κ1) is 17.5. The highest BCUT2D eigenvalue weighted by molar-refractivity contribution is 7.10. The highest BCUT2D eigenvalue weighted by Gasteiger charge is 2.21. The molecule has 2 aromatic heterocycles. The first-order valence-corrected chi connectivity index (χ1v) is 9.51. The van der Waals surface area contributed by atoms with Crippen LogP contribution in [0.4, 0.5) is 0 Å². The molecule has 3 heterocycles. The predicted octanol–water partition coefficient (Wildman–Crippen LogP) is 2.72. The van der Waals surface area contributed by atoms with E-state index in [4.69, 9.17) is 11.6 Å². The lowest BCUT2D eigenvalue weighted by molar-refractivity contribution is -0.130. The van der Waals surface area contributed by atoms with Gasteiger partial charge in [0.1, 0.15) is 5.15 Å². The molecular formula is C17H23ClN4OS. The number of rotatable bonds is 4. The SMILES string of the molecule is Cc1nn(C)c(Cl)c1CN1CCCN(C(=O)Cc2cccs2)CC1. The van der Waals surface area contributed by atoms with E-state index in [2.05, 4.69) is 10.00 Å². The van der Waals surface area contributed by atoms with Crippen molar-refractivity contribution >= 4 is 28.8 Å². The highest BCUT2D eigenvalue weighted by atomic mass is 35.5. The van der Waals surface area contributed by atoms with Gasteiger partial charge in [-0.15, -0.1) is 11.3 Å². The van der Waals surface area contributed by atoms with E-state index in [1.165, 1.54) is 0 Å². The molecule has 3 rings (SSSR count). The quantitative estimate of drug-likeness (QED) is 0.835. The van der Waals surface area contributed by atoms with Crippen molar-refractivity contribution in [1.29, 1.82) is 0 Å². The van der Waals surface area contributed by atoms with Crippen molar-refractivity contribution in [2.45, 2.75) is 26.3 Å². The summed E-state index contributed by atoms with van der Waals surface area (Å²) in [5.41, 5.74) is 2.08. The molecule has 1 fully saturated rings. The fourth-order valence-electron chi connectivity index (χ4n) is 3.13. The van der Waals surface area contributed by atoms with Gasteiger partial charge in [-0.1, -0.05) is 17.7 Å². The smallest absolute Gasteiger partial charge is 0.227 e. The lowest BCUT2D eigenvalue weighted by Crippen LogP contribution is -2.35. The summed E-state index contributed by atoms with van der Waals surface area (Å²) in [6.07, 6.45) is 1.51. The summed E-state index contributed by atoms with van der Waals surface area (Å²) in [5.74, 6) is 0.231. The second-order valence-corrected chi connectivity index (χ2v) is 7.64. The van der Waals surface area contributed by atoms with Gasteiger partial charge in [0.25, 0.3) is 0 Å². The molecule has 24 heavy (non-hydrogen) atoms. The van der Waals surface area contributed by atoms with Gasteiger partial charge in [0.2, 0.25) is 5.91 Å². The summed E-state index contributed by atoms with van der Waals surface area (Å²) in [5, 5.41) is 7.11. The number of aryl methyl sites for hydroxylation is 2. The number of thiophene rings is 1. The fourth-order valence-corrected chi connectivity index (χ4v) is 4.06.